The number of hydrogen-bond acceptors (Lipinski definition) is 6. The van der Waals surface area contributed by atoms with Gasteiger partial charge in [-0.25, -0.2) is 4.98 Å². The third-order valence-electron chi connectivity index (χ3n) is 3.81. The molecule has 3 heterocycles. The van der Waals surface area contributed by atoms with Gasteiger partial charge in [0.1, 0.15) is 5.82 Å². The quantitative estimate of drug-likeness (QED) is 0.869. The summed E-state index contributed by atoms with van der Waals surface area (Å²) in [4.78, 5) is 35.4. The Kier molecular flexibility index (Phi) is 4.66. The number of nitrogens with one attached hydrogen (secondary N) is 1. The summed E-state index contributed by atoms with van der Waals surface area (Å²) in [6.45, 7) is 3.14. The molecular weight excluding hydrogens is 312 g/mol. The summed E-state index contributed by atoms with van der Waals surface area (Å²) in [6.07, 6.45) is 6.99. The van der Waals surface area contributed by atoms with Crippen molar-refractivity contribution in [3.8, 4) is 0 Å². The molecule has 0 saturated carbocycles. The lowest BCUT2D eigenvalue weighted by Crippen LogP contribution is -2.48. The van der Waals surface area contributed by atoms with Crippen LogP contribution in [0.25, 0.3) is 0 Å². The highest BCUT2D eigenvalue weighted by Crippen LogP contribution is 2.19. The van der Waals surface area contributed by atoms with E-state index in [9.17, 15) is 9.59 Å². The van der Waals surface area contributed by atoms with Crippen molar-refractivity contribution in [3.63, 3.8) is 0 Å². The normalized spacial score (nSPS) is 17.8. The number of nitrogens with zero attached hydrogens (tertiary/aromatic N) is 3. The highest BCUT2D eigenvalue weighted by atomic mass is 32.1. The molecule has 6 nitrogen and oxygen atoms in total. The summed E-state index contributed by atoms with van der Waals surface area (Å²) in [5.74, 6) is 0.704. The maximum atomic E-state index is 12.3. The van der Waals surface area contributed by atoms with E-state index in [-0.39, 0.29) is 17.7 Å². The zero-order valence-electron chi connectivity index (χ0n) is 12.9. The van der Waals surface area contributed by atoms with E-state index in [0.29, 0.717) is 9.75 Å². The smallest absolute Gasteiger partial charge is 0.261 e. The molecule has 1 N–H and O–H groups in total. The van der Waals surface area contributed by atoms with Crippen molar-refractivity contribution in [1.82, 2.24) is 15.3 Å². The fourth-order valence-electron chi connectivity index (χ4n) is 2.66. The van der Waals surface area contributed by atoms with Crippen LogP contribution in [0.4, 0.5) is 5.82 Å². The first-order valence-electron chi connectivity index (χ1n) is 7.56. The number of rotatable bonds is 4. The number of ketones is 1. The van der Waals surface area contributed by atoms with Crippen LogP contribution in [0.2, 0.25) is 0 Å². The van der Waals surface area contributed by atoms with E-state index in [2.05, 4.69) is 20.2 Å². The third kappa shape index (κ3) is 3.73. The van der Waals surface area contributed by atoms with Crippen LogP contribution in [0, 0.1) is 0 Å². The van der Waals surface area contributed by atoms with Gasteiger partial charge in [-0.3, -0.25) is 14.6 Å². The molecule has 7 heteroatoms. The number of Topliss-reactive ketones (excluding diaryl/α,β-unsaturated/α-hetero) is 1. The predicted molar refractivity (Wildman–Crippen MR) is 89.1 cm³/mol. The highest BCUT2D eigenvalue weighted by Gasteiger charge is 2.23. The van der Waals surface area contributed by atoms with E-state index in [1.54, 1.807) is 30.7 Å². The SMILES string of the molecule is CC(=O)c1ccc(C(=O)NC2CCCN(c3cnccn3)C2)s1. The van der Waals surface area contributed by atoms with Gasteiger partial charge in [0.25, 0.3) is 5.91 Å². The Morgan fingerprint density at radius 1 is 1.30 bits per heavy atom. The number of piperidine rings is 1. The van der Waals surface area contributed by atoms with Gasteiger partial charge in [-0.15, -0.1) is 11.3 Å². The summed E-state index contributed by atoms with van der Waals surface area (Å²) in [6, 6.07) is 3.48. The first-order chi connectivity index (χ1) is 11.1. The van der Waals surface area contributed by atoms with Gasteiger partial charge in [0.15, 0.2) is 5.78 Å². The Hall–Kier alpha value is -2.28. The van der Waals surface area contributed by atoms with Crippen molar-refractivity contribution in [1.29, 1.82) is 0 Å². The first-order valence-corrected chi connectivity index (χ1v) is 8.38. The van der Waals surface area contributed by atoms with Crippen LogP contribution >= 0.6 is 11.3 Å². The van der Waals surface area contributed by atoms with Crippen LogP contribution in [0.15, 0.2) is 30.7 Å². The number of amides is 1. The zero-order valence-corrected chi connectivity index (χ0v) is 13.7. The molecule has 1 saturated heterocycles. The minimum atomic E-state index is -0.117. The molecule has 0 aromatic carbocycles. The summed E-state index contributed by atoms with van der Waals surface area (Å²) in [7, 11) is 0. The van der Waals surface area contributed by atoms with Crippen molar-refractivity contribution in [3.05, 3.63) is 40.5 Å². The van der Waals surface area contributed by atoms with Crippen LogP contribution in [0.3, 0.4) is 0 Å². The fraction of sp³-hybridized carbons (Fsp3) is 0.375. The van der Waals surface area contributed by atoms with Crippen molar-refractivity contribution in [2.45, 2.75) is 25.8 Å². The molecule has 0 radical (unpaired) electrons. The molecule has 0 bridgehead atoms. The van der Waals surface area contributed by atoms with Crippen molar-refractivity contribution < 1.29 is 9.59 Å². The average Bonchev–Trinajstić information content (AvgIpc) is 3.06. The molecule has 2 aromatic rings. The molecule has 1 atom stereocenters. The van der Waals surface area contributed by atoms with Crippen LogP contribution < -0.4 is 10.2 Å². The molecule has 1 fully saturated rings. The van der Waals surface area contributed by atoms with Crippen LogP contribution in [0.5, 0.6) is 0 Å². The molecule has 1 aliphatic rings. The number of hydrogen-bond donors (Lipinski definition) is 1. The Labute approximate surface area is 138 Å². The topological polar surface area (TPSA) is 75.2 Å². The van der Waals surface area contributed by atoms with Crippen molar-refractivity contribution in [2.75, 3.05) is 18.0 Å². The average molecular weight is 330 g/mol. The first kappa shape index (κ1) is 15.6. The van der Waals surface area contributed by atoms with E-state index in [1.165, 1.54) is 18.3 Å². The molecular formula is C16H18N4O2S. The Morgan fingerprint density at radius 2 is 2.13 bits per heavy atom. The summed E-state index contributed by atoms with van der Waals surface area (Å²) < 4.78 is 0. The summed E-state index contributed by atoms with van der Waals surface area (Å²) in [5, 5.41) is 3.06. The van der Waals surface area contributed by atoms with Gasteiger partial charge in [0.2, 0.25) is 0 Å². The Bertz CT molecular complexity index is 701. The van der Waals surface area contributed by atoms with Gasteiger partial charge in [0, 0.05) is 31.5 Å². The lowest BCUT2D eigenvalue weighted by atomic mass is 10.1. The third-order valence-corrected chi connectivity index (χ3v) is 4.99. The van der Waals surface area contributed by atoms with E-state index < -0.39 is 0 Å². The van der Waals surface area contributed by atoms with Crippen LogP contribution in [0.1, 0.15) is 39.1 Å². The number of thiophene rings is 1. The molecule has 2 aromatic heterocycles. The highest BCUT2D eigenvalue weighted by molar-refractivity contribution is 7.15. The standard InChI is InChI=1S/C16H18N4O2S/c1-11(21)13-4-5-14(23-13)16(22)19-12-3-2-8-20(10-12)15-9-17-6-7-18-15/h4-7,9,12H,2-3,8,10H2,1H3,(H,19,22). The van der Waals surface area contributed by atoms with Crippen molar-refractivity contribution in [2.24, 2.45) is 0 Å². The fourth-order valence-corrected chi connectivity index (χ4v) is 3.47. The maximum absolute atomic E-state index is 12.3. The molecule has 1 amide bonds. The number of carbonyl (C=O) groups excluding carboxylic acids is 2. The second-order valence-electron chi connectivity index (χ2n) is 5.54. The Balaban J connectivity index is 1.63. The molecule has 0 aliphatic carbocycles. The minimum absolute atomic E-state index is 0.0134. The Morgan fingerprint density at radius 3 is 2.83 bits per heavy atom. The van der Waals surface area contributed by atoms with E-state index in [1.807, 2.05) is 0 Å². The summed E-state index contributed by atoms with van der Waals surface area (Å²) >= 11 is 1.24. The van der Waals surface area contributed by atoms with E-state index in [0.717, 1.165) is 31.7 Å². The van der Waals surface area contributed by atoms with E-state index >= 15 is 0 Å². The van der Waals surface area contributed by atoms with Gasteiger partial charge < -0.3 is 10.2 Å². The molecule has 1 aliphatic heterocycles. The number of carbonyl (C=O) groups is 2. The minimum Gasteiger partial charge on any atom is -0.353 e. The second kappa shape index (κ2) is 6.87. The van der Waals surface area contributed by atoms with Gasteiger partial charge >= 0.3 is 0 Å². The largest absolute Gasteiger partial charge is 0.353 e. The monoisotopic (exact) mass is 330 g/mol. The number of anilines is 1. The van der Waals surface area contributed by atoms with E-state index in [4.69, 9.17) is 0 Å². The number of aromatic nitrogens is 2. The summed E-state index contributed by atoms with van der Waals surface area (Å²) in [5.41, 5.74) is 0. The van der Waals surface area contributed by atoms with Crippen LogP contribution in [-0.4, -0.2) is 40.8 Å². The van der Waals surface area contributed by atoms with Crippen LogP contribution in [-0.2, 0) is 0 Å². The van der Waals surface area contributed by atoms with Crippen molar-refractivity contribution >= 4 is 28.8 Å². The zero-order chi connectivity index (χ0) is 16.2. The lowest BCUT2D eigenvalue weighted by molar-refractivity contribution is 0.0936. The molecule has 1 unspecified atom stereocenters. The molecule has 0 spiro atoms. The molecule has 120 valence electrons. The lowest BCUT2D eigenvalue weighted by Gasteiger charge is -2.33. The van der Waals surface area contributed by atoms with Gasteiger partial charge in [-0.05, 0) is 31.9 Å². The predicted octanol–water partition coefficient (Wildman–Crippen LogP) is 2.14. The van der Waals surface area contributed by atoms with Gasteiger partial charge in [0.05, 0.1) is 16.0 Å². The molecule has 3 rings (SSSR count). The second-order valence-corrected chi connectivity index (χ2v) is 6.63. The van der Waals surface area contributed by atoms with Gasteiger partial charge in [-0.2, -0.15) is 0 Å². The molecule has 23 heavy (non-hydrogen) atoms. The van der Waals surface area contributed by atoms with Gasteiger partial charge in [-0.1, -0.05) is 0 Å². The maximum Gasteiger partial charge on any atom is 0.261 e.